The predicted octanol–water partition coefficient (Wildman–Crippen LogP) is 1.88. The Balaban J connectivity index is 2.23. The number of rotatable bonds is 4. The van der Waals surface area contributed by atoms with Gasteiger partial charge in [-0.3, -0.25) is 4.99 Å². The van der Waals surface area contributed by atoms with Gasteiger partial charge in [-0.25, -0.2) is 4.39 Å². The lowest BCUT2D eigenvalue weighted by Crippen LogP contribution is -2.10. The summed E-state index contributed by atoms with van der Waals surface area (Å²) in [4.78, 5) is 3.80. The first-order chi connectivity index (χ1) is 7.22. The Morgan fingerprint density at radius 2 is 2.13 bits per heavy atom. The average molecular weight is 228 g/mol. The van der Waals surface area contributed by atoms with E-state index in [1.165, 1.54) is 23.9 Å². The molecule has 0 aliphatic heterocycles. The third-order valence-corrected chi connectivity index (χ3v) is 2.49. The normalized spacial score (nSPS) is 11.5. The molecule has 82 valence electrons. The second kappa shape index (κ2) is 6.29. The van der Waals surface area contributed by atoms with Crippen molar-refractivity contribution in [2.75, 3.05) is 19.4 Å². The number of nitrogens with two attached hydrogens (primary N) is 1. The van der Waals surface area contributed by atoms with Crippen molar-refractivity contribution in [3.8, 4) is 5.75 Å². The minimum atomic E-state index is -0.265. The summed E-state index contributed by atoms with van der Waals surface area (Å²) in [5.74, 6) is 1.11. The van der Waals surface area contributed by atoms with Gasteiger partial charge in [-0.1, -0.05) is 11.8 Å². The molecule has 0 amide bonds. The molecule has 15 heavy (non-hydrogen) atoms. The van der Waals surface area contributed by atoms with E-state index >= 15 is 0 Å². The summed E-state index contributed by atoms with van der Waals surface area (Å²) in [5.41, 5.74) is 5.48. The van der Waals surface area contributed by atoms with Crippen molar-refractivity contribution in [1.29, 1.82) is 0 Å². The average Bonchev–Trinajstić information content (AvgIpc) is 2.26. The summed E-state index contributed by atoms with van der Waals surface area (Å²) < 4.78 is 17.9. The van der Waals surface area contributed by atoms with Gasteiger partial charge in [0.2, 0.25) is 0 Å². The van der Waals surface area contributed by atoms with Gasteiger partial charge in [0.05, 0.1) is 6.61 Å². The summed E-state index contributed by atoms with van der Waals surface area (Å²) in [6.45, 7) is 0.520. The van der Waals surface area contributed by atoms with E-state index in [4.69, 9.17) is 10.5 Å². The molecular weight excluding hydrogens is 215 g/mol. The molecule has 0 atom stereocenters. The Hall–Kier alpha value is -1.23. The summed E-state index contributed by atoms with van der Waals surface area (Å²) >= 11 is 1.43. The summed E-state index contributed by atoms with van der Waals surface area (Å²) in [6.07, 6.45) is 0. The quantitative estimate of drug-likeness (QED) is 0.486. The van der Waals surface area contributed by atoms with E-state index in [9.17, 15) is 4.39 Å². The van der Waals surface area contributed by atoms with E-state index in [2.05, 4.69) is 4.99 Å². The van der Waals surface area contributed by atoms with Crippen molar-refractivity contribution in [1.82, 2.24) is 0 Å². The number of ether oxygens (including phenoxy) is 1. The van der Waals surface area contributed by atoms with Crippen LogP contribution in [0.3, 0.4) is 0 Å². The summed E-state index contributed by atoms with van der Waals surface area (Å²) in [5, 5.41) is 0.540. The molecule has 0 aliphatic carbocycles. The number of benzene rings is 1. The van der Waals surface area contributed by atoms with Crippen molar-refractivity contribution in [2.24, 2.45) is 10.7 Å². The number of aliphatic imine (C=N–C) groups is 1. The van der Waals surface area contributed by atoms with Gasteiger partial charge in [-0.2, -0.15) is 0 Å². The maximum atomic E-state index is 12.5. The third kappa shape index (κ3) is 4.69. The Kier molecular flexibility index (Phi) is 4.97. The summed E-state index contributed by atoms with van der Waals surface area (Å²) in [6, 6.07) is 5.92. The Labute approximate surface area is 92.5 Å². The molecule has 0 fully saturated rings. The fourth-order valence-corrected chi connectivity index (χ4v) is 1.41. The van der Waals surface area contributed by atoms with Crippen LogP contribution in [-0.2, 0) is 0 Å². The van der Waals surface area contributed by atoms with Gasteiger partial charge in [-0.05, 0) is 24.3 Å². The highest BCUT2D eigenvalue weighted by atomic mass is 32.2. The van der Waals surface area contributed by atoms with Gasteiger partial charge in [0.15, 0.2) is 5.17 Å². The van der Waals surface area contributed by atoms with Gasteiger partial charge >= 0.3 is 0 Å². The lowest BCUT2D eigenvalue weighted by atomic mass is 10.3. The van der Waals surface area contributed by atoms with Gasteiger partial charge < -0.3 is 10.5 Å². The van der Waals surface area contributed by atoms with E-state index in [1.807, 2.05) is 0 Å². The third-order valence-electron chi connectivity index (χ3n) is 1.64. The van der Waals surface area contributed by atoms with Crippen LogP contribution in [-0.4, -0.2) is 24.6 Å². The van der Waals surface area contributed by atoms with Crippen molar-refractivity contribution < 1.29 is 9.13 Å². The van der Waals surface area contributed by atoms with Crippen LogP contribution in [0.15, 0.2) is 29.3 Å². The molecule has 0 bridgehead atoms. The largest absolute Gasteiger partial charge is 0.493 e. The predicted molar refractivity (Wildman–Crippen MR) is 61.9 cm³/mol. The van der Waals surface area contributed by atoms with Crippen molar-refractivity contribution in [3.05, 3.63) is 30.1 Å². The molecule has 0 radical (unpaired) electrons. The first-order valence-corrected chi connectivity index (χ1v) is 5.44. The van der Waals surface area contributed by atoms with E-state index < -0.39 is 0 Å². The second-order valence-corrected chi connectivity index (χ2v) is 3.83. The molecule has 0 saturated heterocycles. The number of thioether (sulfide) groups is 1. The van der Waals surface area contributed by atoms with Crippen LogP contribution in [0.25, 0.3) is 0 Å². The lowest BCUT2D eigenvalue weighted by molar-refractivity contribution is 0.343. The smallest absolute Gasteiger partial charge is 0.153 e. The van der Waals surface area contributed by atoms with Crippen LogP contribution in [0.5, 0.6) is 5.75 Å². The monoisotopic (exact) mass is 228 g/mol. The first-order valence-electron chi connectivity index (χ1n) is 4.46. The minimum absolute atomic E-state index is 0.265. The topological polar surface area (TPSA) is 47.6 Å². The van der Waals surface area contributed by atoms with Gasteiger partial charge in [0.25, 0.3) is 0 Å². The van der Waals surface area contributed by atoms with Gasteiger partial charge in [-0.15, -0.1) is 0 Å². The zero-order valence-corrected chi connectivity index (χ0v) is 9.26. The van der Waals surface area contributed by atoms with E-state index in [0.29, 0.717) is 17.5 Å². The molecule has 1 aromatic rings. The molecule has 1 rings (SSSR count). The molecular formula is C10H13FN2OS. The zero-order valence-electron chi connectivity index (χ0n) is 8.44. The summed E-state index contributed by atoms with van der Waals surface area (Å²) in [7, 11) is 1.64. The van der Waals surface area contributed by atoms with E-state index in [1.54, 1.807) is 19.2 Å². The standard InChI is InChI=1S/C10H13FN2OS/c1-13-10(12)15-7-6-14-9-4-2-8(11)3-5-9/h2-5H,6-7H2,1H3,(H2,12,13). The highest BCUT2D eigenvalue weighted by Crippen LogP contribution is 2.11. The van der Waals surface area contributed by atoms with Crippen LogP contribution >= 0.6 is 11.8 Å². The van der Waals surface area contributed by atoms with Crippen LogP contribution in [0.2, 0.25) is 0 Å². The van der Waals surface area contributed by atoms with E-state index in [0.717, 1.165) is 5.75 Å². The highest BCUT2D eigenvalue weighted by Gasteiger charge is 1.96. The fourth-order valence-electron chi connectivity index (χ4n) is 0.901. The van der Waals surface area contributed by atoms with Crippen molar-refractivity contribution in [3.63, 3.8) is 0 Å². The Bertz CT molecular complexity index is 327. The second-order valence-electron chi connectivity index (χ2n) is 2.71. The molecule has 0 spiro atoms. The van der Waals surface area contributed by atoms with Crippen LogP contribution in [0.1, 0.15) is 0 Å². The SMILES string of the molecule is CN=C(N)SCCOc1ccc(F)cc1. The van der Waals surface area contributed by atoms with Crippen LogP contribution < -0.4 is 10.5 Å². The molecule has 1 aromatic carbocycles. The molecule has 0 aromatic heterocycles. The number of hydrogen-bond donors (Lipinski definition) is 1. The van der Waals surface area contributed by atoms with Crippen molar-refractivity contribution >= 4 is 16.9 Å². The number of amidine groups is 1. The highest BCUT2D eigenvalue weighted by molar-refractivity contribution is 8.13. The maximum absolute atomic E-state index is 12.5. The zero-order chi connectivity index (χ0) is 11.1. The van der Waals surface area contributed by atoms with Crippen molar-refractivity contribution in [2.45, 2.75) is 0 Å². The minimum Gasteiger partial charge on any atom is -0.493 e. The number of nitrogens with zero attached hydrogens (tertiary/aromatic N) is 1. The molecule has 0 aliphatic rings. The Morgan fingerprint density at radius 1 is 1.47 bits per heavy atom. The van der Waals surface area contributed by atoms with Gasteiger partial charge in [0, 0.05) is 12.8 Å². The molecule has 3 nitrogen and oxygen atoms in total. The maximum Gasteiger partial charge on any atom is 0.153 e. The molecule has 0 unspecified atom stereocenters. The Morgan fingerprint density at radius 3 is 2.73 bits per heavy atom. The first kappa shape index (κ1) is 11.8. The van der Waals surface area contributed by atoms with Crippen LogP contribution in [0.4, 0.5) is 4.39 Å². The molecule has 2 N–H and O–H groups in total. The fraction of sp³-hybridized carbons (Fsp3) is 0.300. The lowest BCUT2D eigenvalue weighted by Gasteiger charge is -2.05. The van der Waals surface area contributed by atoms with E-state index in [-0.39, 0.29) is 5.82 Å². The molecule has 0 saturated carbocycles. The van der Waals surface area contributed by atoms with Gasteiger partial charge in [0.1, 0.15) is 11.6 Å². The molecule has 0 heterocycles. The number of halogens is 1. The molecule has 5 heteroatoms. The number of hydrogen-bond acceptors (Lipinski definition) is 3. The van der Waals surface area contributed by atoms with Crippen LogP contribution in [0, 0.1) is 5.82 Å².